The van der Waals surface area contributed by atoms with Crippen LogP contribution in [-0.4, -0.2) is 10.4 Å². The van der Waals surface area contributed by atoms with Crippen molar-refractivity contribution in [1.82, 2.24) is 4.57 Å². The van der Waals surface area contributed by atoms with Gasteiger partial charge >= 0.3 is 12.4 Å². The van der Waals surface area contributed by atoms with Crippen LogP contribution >= 0.6 is 11.3 Å². The highest BCUT2D eigenvalue weighted by Gasteiger charge is 2.43. The molecule has 1 aliphatic heterocycles. The topological polar surface area (TPSA) is 51.4 Å². The summed E-state index contributed by atoms with van der Waals surface area (Å²) in [6.07, 6.45) is -9.53. The first-order valence-corrected chi connectivity index (χ1v) is 14.4. The molecule has 0 radical (unpaired) electrons. The van der Waals surface area contributed by atoms with Gasteiger partial charge in [0.15, 0.2) is 10.6 Å². The van der Waals surface area contributed by atoms with Crippen LogP contribution in [0.25, 0.3) is 11.8 Å². The maximum absolute atomic E-state index is 14.2. The summed E-state index contributed by atoms with van der Waals surface area (Å²) in [5, 5.41) is 0. The molecule has 4 aromatic carbocycles. The summed E-state index contributed by atoms with van der Waals surface area (Å²) in [7, 11) is 0. The minimum atomic E-state index is -5.32. The summed E-state index contributed by atoms with van der Waals surface area (Å²) < 4.78 is 96.1. The first kappa shape index (κ1) is 30.9. The van der Waals surface area contributed by atoms with E-state index in [1.807, 2.05) is 0 Å². The molecule has 0 fully saturated rings. The molecule has 1 atom stereocenters. The van der Waals surface area contributed by atoms with Crippen molar-refractivity contribution in [2.75, 3.05) is 0 Å². The fraction of sp³-hybridized carbons (Fsp3) is 0.0882. The number of ketones is 1. The zero-order valence-corrected chi connectivity index (χ0v) is 24.1. The molecule has 46 heavy (non-hydrogen) atoms. The van der Waals surface area contributed by atoms with E-state index < -0.39 is 46.7 Å². The van der Waals surface area contributed by atoms with Crippen LogP contribution in [0, 0.1) is 5.82 Å². The molecule has 2 heterocycles. The van der Waals surface area contributed by atoms with Crippen LogP contribution in [0.3, 0.4) is 0 Å². The maximum Gasteiger partial charge on any atom is 0.417 e. The van der Waals surface area contributed by atoms with Crippen molar-refractivity contribution in [2.45, 2.75) is 18.4 Å². The molecule has 4 nitrogen and oxygen atoms in total. The molecule has 0 amide bonds. The number of rotatable bonds is 5. The largest absolute Gasteiger partial charge is 0.417 e. The minimum Gasteiger partial charge on any atom is -0.289 e. The Bertz CT molecular complexity index is 2170. The van der Waals surface area contributed by atoms with Crippen molar-refractivity contribution in [3.05, 3.63) is 168 Å². The van der Waals surface area contributed by atoms with E-state index in [4.69, 9.17) is 0 Å². The first-order chi connectivity index (χ1) is 21.8. The van der Waals surface area contributed by atoms with E-state index in [1.165, 1.54) is 28.8 Å². The number of hydrogen-bond donors (Lipinski definition) is 0. The van der Waals surface area contributed by atoms with Crippen LogP contribution in [0.1, 0.15) is 44.2 Å². The number of nitrogens with zero attached hydrogens (tertiary/aromatic N) is 2. The first-order valence-electron chi connectivity index (χ1n) is 13.6. The van der Waals surface area contributed by atoms with Gasteiger partial charge in [0.1, 0.15) is 5.82 Å². The van der Waals surface area contributed by atoms with Crippen molar-refractivity contribution in [3.8, 4) is 0 Å². The average molecular weight is 653 g/mol. The number of aromatic nitrogens is 1. The number of carbonyl (C=O) groups excluding carboxylic acids is 1. The van der Waals surface area contributed by atoms with Crippen LogP contribution in [0.4, 0.5) is 30.7 Å². The van der Waals surface area contributed by atoms with E-state index >= 15 is 0 Å². The van der Waals surface area contributed by atoms with Crippen LogP contribution in [-0.2, 0) is 12.4 Å². The molecule has 12 heteroatoms. The van der Waals surface area contributed by atoms with Gasteiger partial charge in [-0.05, 0) is 41.5 Å². The monoisotopic (exact) mass is 652 g/mol. The lowest BCUT2D eigenvalue weighted by molar-refractivity contribution is -0.162. The SMILES string of the molecule is O=C(C1=C(c2ccccc2)N=c2s/c(=C\c3ccc(C(F)(F)F)c(C(F)(F)F)c3)c(=O)n2C1c1ccc(F)cc1)c1ccccc1. The molecule has 1 aliphatic rings. The molecule has 1 aromatic heterocycles. The van der Waals surface area contributed by atoms with Gasteiger partial charge < -0.3 is 0 Å². The quantitative estimate of drug-likeness (QED) is 0.147. The summed E-state index contributed by atoms with van der Waals surface area (Å²) in [4.78, 5) is 32.9. The molecular formula is C34H19F7N2O2S. The number of alkyl halides is 6. The van der Waals surface area contributed by atoms with Gasteiger partial charge in [0.2, 0.25) is 0 Å². The molecule has 0 saturated heterocycles. The van der Waals surface area contributed by atoms with Crippen molar-refractivity contribution in [2.24, 2.45) is 4.99 Å². The van der Waals surface area contributed by atoms with Gasteiger partial charge in [-0.2, -0.15) is 26.3 Å². The Labute approximate surface area is 259 Å². The number of benzene rings is 4. The third-order valence-electron chi connectivity index (χ3n) is 7.30. The molecular weight excluding hydrogens is 633 g/mol. The van der Waals surface area contributed by atoms with Gasteiger partial charge in [0, 0.05) is 11.1 Å². The fourth-order valence-corrected chi connectivity index (χ4v) is 6.25. The smallest absolute Gasteiger partial charge is 0.289 e. The number of halogens is 7. The molecule has 0 saturated carbocycles. The van der Waals surface area contributed by atoms with Crippen molar-refractivity contribution in [1.29, 1.82) is 0 Å². The normalized spacial score (nSPS) is 15.5. The third kappa shape index (κ3) is 5.83. The molecule has 232 valence electrons. The summed E-state index contributed by atoms with van der Waals surface area (Å²) in [5.74, 6) is -1.04. The van der Waals surface area contributed by atoms with Crippen LogP contribution < -0.4 is 14.9 Å². The zero-order chi connectivity index (χ0) is 32.8. The number of Topliss-reactive ketones (excluding diaryl/α,β-unsaturated/α-hetero) is 1. The Morgan fingerprint density at radius 3 is 2.00 bits per heavy atom. The highest BCUT2D eigenvalue weighted by molar-refractivity contribution is 7.07. The van der Waals surface area contributed by atoms with E-state index in [0.29, 0.717) is 23.3 Å². The van der Waals surface area contributed by atoms with Crippen LogP contribution in [0.15, 0.2) is 118 Å². The zero-order valence-electron chi connectivity index (χ0n) is 23.2. The lowest BCUT2D eigenvalue weighted by Crippen LogP contribution is -2.39. The predicted octanol–water partition coefficient (Wildman–Crippen LogP) is 7.43. The molecule has 6 rings (SSSR count). The second-order valence-electron chi connectivity index (χ2n) is 10.3. The fourth-order valence-electron chi connectivity index (χ4n) is 5.25. The Morgan fingerprint density at radius 1 is 0.783 bits per heavy atom. The Balaban J connectivity index is 1.63. The standard InChI is InChI=1S/C34H19F7N2O2S/c35-23-14-12-21(13-15-23)29-27(30(44)22-9-5-2-6-10-22)28(20-7-3-1-4-8-20)42-32-43(29)31(45)26(46-32)18-19-11-16-24(33(36,37)38)25(17-19)34(39,40)41/h1-18,29H/b26-18-. The Kier molecular flexibility index (Phi) is 7.85. The number of allylic oxidation sites excluding steroid dienone is 1. The lowest BCUT2D eigenvalue weighted by Gasteiger charge is -2.26. The van der Waals surface area contributed by atoms with E-state index in [-0.39, 0.29) is 31.7 Å². The summed E-state index contributed by atoms with van der Waals surface area (Å²) in [6, 6.07) is 22.4. The molecule has 0 N–H and O–H groups in total. The number of hydrogen-bond acceptors (Lipinski definition) is 4. The van der Waals surface area contributed by atoms with Gasteiger partial charge in [-0.3, -0.25) is 14.2 Å². The molecule has 0 bridgehead atoms. The van der Waals surface area contributed by atoms with E-state index in [2.05, 4.69) is 4.99 Å². The maximum atomic E-state index is 14.2. The van der Waals surface area contributed by atoms with Gasteiger partial charge in [-0.1, -0.05) is 90.2 Å². The summed E-state index contributed by atoms with van der Waals surface area (Å²) in [5.41, 5.74) is -3.31. The van der Waals surface area contributed by atoms with Gasteiger partial charge in [-0.15, -0.1) is 0 Å². The third-order valence-corrected chi connectivity index (χ3v) is 8.28. The van der Waals surface area contributed by atoms with Gasteiger partial charge in [-0.25, -0.2) is 9.38 Å². The molecule has 0 spiro atoms. The number of fused-ring (bicyclic) bond motifs is 1. The molecule has 1 unspecified atom stereocenters. The average Bonchev–Trinajstić information content (AvgIpc) is 3.34. The highest BCUT2D eigenvalue weighted by atomic mass is 32.1. The lowest BCUT2D eigenvalue weighted by atomic mass is 9.88. The molecule has 0 aliphatic carbocycles. The van der Waals surface area contributed by atoms with E-state index in [9.17, 15) is 40.3 Å². The van der Waals surface area contributed by atoms with Crippen LogP contribution in [0.5, 0.6) is 0 Å². The number of carbonyl (C=O) groups is 1. The van der Waals surface area contributed by atoms with Crippen molar-refractivity contribution >= 4 is 28.9 Å². The van der Waals surface area contributed by atoms with E-state index in [0.717, 1.165) is 23.5 Å². The predicted molar refractivity (Wildman–Crippen MR) is 158 cm³/mol. The van der Waals surface area contributed by atoms with E-state index in [1.54, 1.807) is 60.7 Å². The second kappa shape index (κ2) is 11.7. The summed E-state index contributed by atoms with van der Waals surface area (Å²) >= 11 is 0.795. The molecule has 5 aromatic rings. The Hall–Kier alpha value is -5.10. The van der Waals surface area contributed by atoms with Crippen LogP contribution in [0.2, 0.25) is 0 Å². The van der Waals surface area contributed by atoms with Gasteiger partial charge in [0.05, 0.1) is 33.0 Å². The van der Waals surface area contributed by atoms with Gasteiger partial charge in [0.25, 0.3) is 5.56 Å². The second-order valence-corrected chi connectivity index (χ2v) is 11.3. The number of thiazole rings is 1. The van der Waals surface area contributed by atoms with Crippen molar-refractivity contribution < 1.29 is 35.5 Å². The summed E-state index contributed by atoms with van der Waals surface area (Å²) in [6.45, 7) is 0. The minimum absolute atomic E-state index is 0.0806. The van der Waals surface area contributed by atoms with Crippen molar-refractivity contribution in [3.63, 3.8) is 0 Å². The highest BCUT2D eigenvalue weighted by Crippen LogP contribution is 2.41. The Morgan fingerprint density at radius 2 is 1.39 bits per heavy atom.